The van der Waals surface area contributed by atoms with Crippen molar-refractivity contribution in [2.45, 2.75) is 4.90 Å². The third-order valence-corrected chi connectivity index (χ3v) is 2.24. The number of rotatable bonds is 2. The van der Waals surface area contributed by atoms with E-state index in [1.807, 2.05) is 6.26 Å². The second-order valence-electron chi connectivity index (χ2n) is 2.00. The number of aromatic nitrogens is 1. The monoisotopic (exact) mass is 237 g/mol. The summed E-state index contributed by atoms with van der Waals surface area (Å²) in [5.41, 5.74) is -0.952. The van der Waals surface area contributed by atoms with Crippen molar-refractivity contribution in [2.75, 3.05) is 6.26 Å². The van der Waals surface area contributed by atoms with Crippen LogP contribution in [0.5, 0.6) is 5.88 Å². The van der Waals surface area contributed by atoms with E-state index in [2.05, 4.69) is 9.72 Å². The van der Waals surface area contributed by atoms with Crippen LogP contribution >= 0.6 is 35.0 Å². The quantitative estimate of drug-likeness (QED) is 0.585. The molecule has 1 rings (SSSR count). The number of thioether (sulfide) groups is 1. The van der Waals surface area contributed by atoms with Gasteiger partial charge >= 0.3 is 5.43 Å². The van der Waals surface area contributed by atoms with Crippen LogP contribution in [-0.4, -0.2) is 16.7 Å². The zero-order chi connectivity index (χ0) is 9.84. The lowest BCUT2D eigenvalue weighted by Gasteiger charge is -2.02. The van der Waals surface area contributed by atoms with Crippen LogP contribution in [-0.2, 0) is 0 Å². The van der Waals surface area contributed by atoms with E-state index in [0.717, 1.165) is 4.90 Å². The zero-order valence-corrected chi connectivity index (χ0v) is 8.91. The third-order valence-electron chi connectivity index (χ3n) is 1.19. The highest BCUT2D eigenvalue weighted by molar-refractivity contribution is 7.98. The van der Waals surface area contributed by atoms with Crippen LogP contribution in [0.15, 0.2) is 17.2 Å². The summed E-state index contributed by atoms with van der Waals surface area (Å²) in [4.78, 5) is 15.1. The first-order chi connectivity index (χ1) is 6.13. The lowest BCUT2D eigenvalue weighted by Crippen LogP contribution is -1.98. The molecule has 0 aliphatic rings. The van der Waals surface area contributed by atoms with Crippen molar-refractivity contribution in [2.24, 2.45) is 0 Å². The maximum absolute atomic E-state index is 10.4. The van der Waals surface area contributed by atoms with Crippen molar-refractivity contribution in [1.82, 2.24) is 4.98 Å². The van der Waals surface area contributed by atoms with Crippen LogP contribution in [0.25, 0.3) is 0 Å². The van der Waals surface area contributed by atoms with Crippen LogP contribution in [0.3, 0.4) is 0 Å². The van der Waals surface area contributed by atoms with Gasteiger partial charge in [0.05, 0.1) is 0 Å². The molecule has 6 heteroatoms. The van der Waals surface area contributed by atoms with E-state index >= 15 is 0 Å². The molecule has 0 aliphatic carbocycles. The molecule has 0 aliphatic heterocycles. The second kappa shape index (κ2) is 4.69. The Morgan fingerprint density at radius 2 is 2.38 bits per heavy atom. The molecule has 0 amide bonds. The summed E-state index contributed by atoms with van der Waals surface area (Å²) in [5.74, 6) is 0.0273. The van der Waals surface area contributed by atoms with E-state index in [1.165, 1.54) is 11.8 Å². The Morgan fingerprint density at radius 1 is 1.69 bits per heavy atom. The lowest BCUT2D eigenvalue weighted by molar-refractivity contribution is 0.224. The molecule has 1 heterocycles. The molecule has 0 fully saturated rings. The predicted octanol–water partition coefficient (Wildman–Crippen LogP) is 3.19. The average Bonchev–Trinajstić information content (AvgIpc) is 2.08. The fraction of sp³-hybridized carbons (Fsp3) is 0.143. The molecule has 1 aromatic heterocycles. The Labute approximate surface area is 89.4 Å². The molecule has 0 aromatic carbocycles. The molecule has 1 aromatic rings. The molecule has 0 saturated carbocycles. The van der Waals surface area contributed by atoms with Gasteiger partial charge in [-0.15, -0.1) is 11.8 Å². The second-order valence-corrected chi connectivity index (χ2v) is 3.60. The molecule has 0 atom stereocenters. The maximum Gasteiger partial charge on any atom is 0.410 e. The molecule has 0 unspecified atom stereocenters. The van der Waals surface area contributed by atoms with Crippen molar-refractivity contribution in [3.63, 3.8) is 0 Å². The van der Waals surface area contributed by atoms with Gasteiger partial charge in [0.2, 0.25) is 5.88 Å². The Kier molecular flexibility index (Phi) is 3.84. The van der Waals surface area contributed by atoms with Crippen LogP contribution in [0, 0.1) is 0 Å². The smallest absolute Gasteiger partial charge is 0.394 e. The van der Waals surface area contributed by atoms with E-state index in [-0.39, 0.29) is 10.9 Å². The summed E-state index contributed by atoms with van der Waals surface area (Å²) in [6, 6.07) is 1.65. The minimum absolute atomic E-state index is 0.0273. The zero-order valence-electron chi connectivity index (χ0n) is 6.58. The van der Waals surface area contributed by atoms with Crippen molar-refractivity contribution < 1.29 is 9.53 Å². The highest BCUT2D eigenvalue weighted by Gasteiger charge is 2.07. The number of pyridine rings is 1. The number of halogens is 2. The molecule has 0 spiro atoms. The highest BCUT2D eigenvalue weighted by Crippen LogP contribution is 2.26. The number of ether oxygens (including phenoxy) is 1. The SMILES string of the molecule is CSc1cnc(OC(=O)Cl)c(Cl)c1. The van der Waals surface area contributed by atoms with Gasteiger partial charge in [0.1, 0.15) is 5.02 Å². The molecule has 70 valence electrons. The standard InChI is InChI=1S/C7H5Cl2NO2S/c1-13-4-2-5(8)6(10-3-4)12-7(9)11/h2-3H,1H3. The molecule has 0 saturated heterocycles. The highest BCUT2D eigenvalue weighted by atomic mass is 35.5. The van der Waals surface area contributed by atoms with Crippen molar-refractivity contribution >= 4 is 40.4 Å². The minimum Gasteiger partial charge on any atom is -0.394 e. The Balaban J connectivity index is 2.91. The number of nitrogens with zero attached hydrogens (tertiary/aromatic N) is 1. The predicted molar refractivity (Wildman–Crippen MR) is 52.9 cm³/mol. The topological polar surface area (TPSA) is 39.2 Å². The van der Waals surface area contributed by atoms with Crippen molar-refractivity contribution in [1.29, 1.82) is 0 Å². The van der Waals surface area contributed by atoms with Gasteiger partial charge in [-0.25, -0.2) is 9.78 Å². The molecule has 0 bridgehead atoms. The van der Waals surface area contributed by atoms with Crippen LogP contribution in [0.4, 0.5) is 4.79 Å². The average molecular weight is 238 g/mol. The fourth-order valence-electron chi connectivity index (χ4n) is 0.671. The summed E-state index contributed by atoms with van der Waals surface area (Å²) in [6.07, 6.45) is 3.44. The van der Waals surface area contributed by atoms with Gasteiger partial charge in [-0.2, -0.15) is 0 Å². The van der Waals surface area contributed by atoms with Crippen LogP contribution in [0.1, 0.15) is 0 Å². The van der Waals surface area contributed by atoms with E-state index < -0.39 is 5.43 Å². The van der Waals surface area contributed by atoms with Crippen molar-refractivity contribution in [3.05, 3.63) is 17.3 Å². The summed E-state index contributed by atoms with van der Waals surface area (Å²) in [6.45, 7) is 0. The molecule has 0 radical (unpaired) electrons. The van der Waals surface area contributed by atoms with Gasteiger partial charge in [0.15, 0.2) is 0 Å². The first-order valence-corrected chi connectivity index (χ1v) is 5.18. The van der Waals surface area contributed by atoms with Gasteiger partial charge in [0, 0.05) is 22.7 Å². The normalized spacial score (nSPS) is 9.77. The van der Waals surface area contributed by atoms with E-state index in [9.17, 15) is 4.79 Å². The van der Waals surface area contributed by atoms with E-state index in [1.54, 1.807) is 12.3 Å². The maximum atomic E-state index is 10.4. The Morgan fingerprint density at radius 3 is 2.85 bits per heavy atom. The number of carbonyl (C=O) groups excluding carboxylic acids is 1. The minimum atomic E-state index is -0.952. The molecule has 13 heavy (non-hydrogen) atoms. The number of hydrogen-bond acceptors (Lipinski definition) is 4. The third kappa shape index (κ3) is 3.06. The first-order valence-electron chi connectivity index (χ1n) is 3.20. The molecular formula is C7H5Cl2NO2S. The largest absolute Gasteiger partial charge is 0.410 e. The number of hydrogen-bond donors (Lipinski definition) is 0. The van der Waals surface area contributed by atoms with E-state index in [4.69, 9.17) is 23.2 Å². The van der Waals surface area contributed by atoms with Crippen LogP contribution < -0.4 is 4.74 Å². The fourth-order valence-corrected chi connectivity index (χ4v) is 1.41. The number of carbonyl (C=O) groups is 1. The summed E-state index contributed by atoms with van der Waals surface area (Å²) in [5, 5.41) is 0.265. The Bertz CT molecular complexity index is 332. The molecule has 0 N–H and O–H groups in total. The summed E-state index contributed by atoms with van der Waals surface area (Å²) >= 11 is 12.2. The molecular weight excluding hydrogens is 233 g/mol. The van der Waals surface area contributed by atoms with Gasteiger partial charge in [-0.05, 0) is 12.3 Å². The van der Waals surface area contributed by atoms with E-state index in [0.29, 0.717) is 0 Å². The van der Waals surface area contributed by atoms with Gasteiger partial charge < -0.3 is 4.74 Å². The summed E-state index contributed by atoms with van der Waals surface area (Å²) < 4.78 is 4.52. The van der Waals surface area contributed by atoms with Crippen LogP contribution in [0.2, 0.25) is 5.02 Å². The van der Waals surface area contributed by atoms with Gasteiger partial charge in [-0.3, -0.25) is 0 Å². The van der Waals surface area contributed by atoms with Gasteiger partial charge in [0.25, 0.3) is 0 Å². The first kappa shape index (κ1) is 10.6. The molecule has 3 nitrogen and oxygen atoms in total. The van der Waals surface area contributed by atoms with Crippen molar-refractivity contribution in [3.8, 4) is 5.88 Å². The Hall–Kier alpha value is -0.450. The summed E-state index contributed by atoms with van der Waals surface area (Å²) in [7, 11) is 0. The lowest BCUT2D eigenvalue weighted by atomic mass is 10.5. The van der Waals surface area contributed by atoms with Gasteiger partial charge in [-0.1, -0.05) is 11.6 Å².